The van der Waals surface area contributed by atoms with Crippen LogP contribution in [0.3, 0.4) is 0 Å². The van der Waals surface area contributed by atoms with Gasteiger partial charge in [-0.05, 0) is 69.6 Å². The van der Waals surface area contributed by atoms with Gasteiger partial charge in [-0.15, -0.1) is 0 Å². The Kier molecular flexibility index (Phi) is 3.46. The molecule has 4 rings (SSSR count). The number of aliphatic hydroxyl groups is 1. The lowest BCUT2D eigenvalue weighted by Gasteiger charge is -2.68. The van der Waals surface area contributed by atoms with E-state index in [1.54, 1.807) is 0 Å². The Morgan fingerprint density at radius 2 is 1.88 bits per heavy atom. The van der Waals surface area contributed by atoms with E-state index >= 15 is 0 Å². The van der Waals surface area contributed by atoms with Crippen LogP contribution < -0.4 is 0 Å². The van der Waals surface area contributed by atoms with Gasteiger partial charge in [-0.25, -0.2) is 0 Å². The Morgan fingerprint density at radius 3 is 2.56 bits per heavy atom. The van der Waals surface area contributed by atoms with Crippen molar-refractivity contribution in [2.45, 2.75) is 83.8 Å². The van der Waals surface area contributed by atoms with Crippen molar-refractivity contribution in [3.05, 3.63) is 0 Å². The fourth-order valence-electron chi connectivity index (χ4n) is 7.52. The minimum atomic E-state index is -0.786. The minimum absolute atomic E-state index is 0.0424. The summed E-state index contributed by atoms with van der Waals surface area (Å²) in [5.41, 5.74) is -1.83. The van der Waals surface area contributed by atoms with Crippen LogP contribution in [0.15, 0.2) is 0 Å². The first-order valence-electron chi connectivity index (χ1n) is 9.69. The summed E-state index contributed by atoms with van der Waals surface area (Å²) in [5.74, 6) is -0.792. The summed E-state index contributed by atoms with van der Waals surface area (Å²) in [5, 5.41) is 21.1. The molecule has 0 aromatic heterocycles. The maximum atomic E-state index is 12.3. The van der Waals surface area contributed by atoms with Crippen molar-refractivity contribution in [1.82, 2.24) is 0 Å². The molecular formula is C20H30O5. The third kappa shape index (κ3) is 2.11. The van der Waals surface area contributed by atoms with Crippen LogP contribution in [0.25, 0.3) is 0 Å². The van der Waals surface area contributed by atoms with Crippen molar-refractivity contribution in [2.24, 2.45) is 28.1 Å². The van der Waals surface area contributed by atoms with E-state index in [0.29, 0.717) is 19.3 Å². The average molecular weight is 350 g/mol. The molecule has 1 aliphatic heterocycles. The van der Waals surface area contributed by atoms with Crippen molar-refractivity contribution >= 4 is 11.9 Å². The second-order valence-electron chi connectivity index (χ2n) is 9.99. The molecule has 0 aromatic rings. The summed E-state index contributed by atoms with van der Waals surface area (Å²) in [7, 11) is 0. The molecule has 0 radical (unpaired) electrons. The standard InChI is InChI=1S/C20H30O5/c1-17-8-5-12-18(2)6-4-7-19(3,16(23)24)13(18)9-14(21)20(12,11-17)10-15(22)25-17/h12-14,21H,4-11H2,1-3H3,(H,23,24)/t12-,13-,14+,17+,18+,19+,20-/m1/s1. The molecule has 3 saturated carbocycles. The van der Waals surface area contributed by atoms with Gasteiger partial charge in [0.25, 0.3) is 0 Å². The van der Waals surface area contributed by atoms with Gasteiger partial charge in [0.15, 0.2) is 0 Å². The van der Waals surface area contributed by atoms with E-state index < -0.39 is 28.5 Å². The second-order valence-corrected chi connectivity index (χ2v) is 9.99. The van der Waals surface area contributed by atoms with Crippen molar-refractivity contribution in [1.29, 1.82) is 0 Å². The van der Waals surface area contributed by atoms with Crippen LogP contribution in [0.1, 0.15) is 72.1 Å². The summed E-state index contributed by atoms with van der Waals surface area (Å²) in [4.78, 5) is 24.4. The highest BCUT2D eigenvalue weighted by atomic mass is 16.6. The van der Waals surface area contributed by atoms with Gasteiger partial charge < -0.3 is 14.9 Å². The molecule has 140 valence electrons. The normalized spacial score (nSPS) is 54.9. The highest BCUT2D eigenvalue weighted by Crippen LogP contribution is 2.70. The van der Waals surface area contributed by atoms with Crippen LogP contribution in [0.2, 0.25) is 0 Å². The number of hydrogen-bond acceptors (Lipinski definition) is 4. The van der Waals surface area contributed by atoms with Gasteiger partial charge in [-0.3, -0.25) is 9.59 Å². The van der Waals surface area contributed by atoms with E-state index in [-0.39, 0.29) is 29.6 Å². The van der Waals surface area contributed by atoms with Gasteiger partial charge in [-0.2, -0.15) is 0 Å². The van der Waals surface area contributed by atoms with E-state index in [1.807, 2.05) is 13.8 Å². The smallest absolute Gasteiger partial charge is 0.309 e. The molecule has 5 nitrogen and oxygen atoms in total. The second kappa shape index (κ2) is 4.99. The Labute approximate surface area is 149 Å². The highest BCUT2D eigenvalue weighted by molar-refractivity contribution is 5.75. The number of hydrogen-bond donors (Lipinski definition) is 2. The molecule has 1 heterocycles. The molecule has 4 fully saturated rings. The molecule has 25 heavy (non-hydrogen) atoms. The highest BCUT2D eigenvalue weighted by Gasteiger charge is 2.69. The lowest BCUT2D eigenvalue weighted by molar-refractivity contribution is -0.258. The number of carbonyl (C=O) groups is 2. The molecule has 0 aromatic carbocycles. The first kappa shape index (κ1) is 17.3. The summed E-state index contributed by atoms with van der Waals surface area (Å²) in [6.07, 6.45) is 5.14. The SMILES string of the molecule is C[C@@]12CC[C@@H]3[C@]4(C)CCC[C@](C)(C(=O)O)[C@@H]4C[C@H](O)[C@]3(CC(=O)O1)C2. The predicted octanol–water partition coefficient (Wildman–Crippen LogP) is 3.14. The van der Waals surface area contributed by atoms with Gasteiger partial charge in [-0.1, -0.05) is 13.3 Å². The molecule has 7 atom stereocenters. The maximum Gasteiger partial charge on any atom is 0.309 e. The monoisotopic (exact) mass is 350 g/mol. The zero-order valence-corrected chi connectivity index (χ0v) is 15.5. The average Bonchev–Trinajstić information content (AvgIpc) is 2.48. The van der Waals surface area contributed by atoms with Crippen molar-refractivity contribution in [3.63, 3.8) is 0 Å². The van der Waals surface area contributed by atoms with Gasteiger partial charge in [0, 0.05) is 5.41 Å². The number of fused-ring (bicyclic) bond motifs is 3. The summed E-state index contributed by atoms with van der Waals surface area (Å²) in [6, 6.07) is 0. The molecule has 4 aliphatic rings. The van der Waals surface area contributed by atoms with Gasteiger partial charge in [0.05, 0.1) is 17.9 Å². The number of carboxylic acids is 1. The number of carboxylic acid groups (broad SMARTS) is 1. The number of ether oxygens (including phenoxy) is 1. The number of rotatable bonds is 1. The zero-order chi connectivity index (χ0) is 18.3. The van der Waals surface area contributed by atoms with Crippen LogP contribution in [-0.4, -0.2) is 33.9 Å². The molecule has 1 saturated heterocycles. The van der Waals surface area contributed by atoms with Crippen molar-refractivity contribution in [2.75, 3.05) is 0 Å². The third-order valence-corrected chi connectivity index (χ3v) is 8.58. The first-order chi connectivity index (χ1) is 11.6. The lowest BCUT2D eigenvalue weighted by atomic mass is 9.38. The fourth-order valence-corrected chi connectivity index (χ4v) is 7.52. The van der Waals surface area contributed by atoms with Crippen LogP contribution in [0.5, 0.6) is 0 Å². The van der Waals surface area contributed by atoms with Crippen LogP contribution in [0, 0.1) is 28.1 Å². The minimum Gasteiger partial charge on any atom is -0.481 e. The van der Waals surface area contributed by atoms with Gasteiger partial charge in [0.1, 0.15) is 5.60 Å². The van der Waals surface area contributed by atoms with Gasteiger partial charge in [0.2, 0.25) is 0 Å². The predicted molar refractivity (Wildman–Crippen MR) is 90.7 cm³/mol. The number of aliphatic carboxylic acids is 1. The van der Waals surface area contributed by atoms with Crippen LogP contribution in [0.4, 0.5) is 0 Å². The summed E-state index contributed by atoms with van der Waals surface area (Å²) in [6.45, 7) is 6.09. The molecule has 3 aliphatic carbocycles. The Balaban J connectivity index is 1.80. The third-order valence-electron chi connectivity index (χ3n) is 8.58. The fraction of sp³-hybridized carbons (Fsp3) is 0.900. The lowest BCUT2D eigenvalue weighted by Crippen LogP contribution is -2.68. The molecule has 1 spiro atoms. The van der Waals surface area contributed by atoms with Crippen LogP contribution in [-0.2, 0) is 14.3 Å². The number of esters is 1. The topological polar surface area (TPSA) is 83.8 Å². The van der Waals surface area contributed by atoms with Crippen molar-refractivity contribution in [3.8, 4) is 0 Å². The molecule has 2 bridgehead atoms. The van der Waals surface area contributed by atoms with E-state index in [0.717, 1.165) is 25.7 Å². The quantitative estimate of drug-likeness (QED) is 0.710. The Bertz CT molecular complexity index is 632. The maximum absolute atomic E-state index is 12.3. The molecule has 0 unspecified atom stereocenters. The zero-order valence-electron chi connectivity index (χ0n) is 15.5. The number of aliphatic hydroxyl groups excluding tert-OH is 1. The Hall–Kier alpha value is -1.10. The summed E-state index contributed by atoms with van der Waals surface area (Å²) < 4.78 is 5.64. The molecule has 2 N–H and O–H groups in total. The van der Waals surface area contributed by atoms with E-state index in [9.17, 15) is 19.8 Å². The largest absolute Gasteiger partial charge is 0.481 e. The van der Waals surface area contributed by atoms with E-state index in [4.69, 9.17) is 4.74 Å². The van der Waals surface area contributed by atoms with E-state index in [2.05, 4.69) is 6.92 Å². The number of carbonyl (C=O) groups excluding carboxylic acids is 1. The van der Waals surface area contributed by atoms with Gasteiger partial charge >= 0.3 is 11.9 Å². The molecular weight excluding hydrogens is 320 g/mol. The molecule has 0 amide bonds. The first-order valence-corrected chi connectivity index (χ1v) is 9.69. The molecule has 5 heteroatoms. The van der Waals surface area contributed by atoms with E-state index in [1.165, 1.54) is 0 Å². The van der Waals surface area contributed by atoms with Crippen LogP contribution >= 0.6 is 0 Å². The van der Waals surface area contributed by atoms with Crippen molar-refractivity contribution < 1.29 is 24.5 Å². The Morgan fingerprint density at radius 1 is 1.16 bits per heavy atom. The summed E-state index contributed by atoms with van der Waals surface area (Å²) >= 11 is 0.